The fourth-order valence-corrected chi connectivity index (χ4v) is 6.07. The van der Waals surface area contributed by atoms with Crippen LogP contribution in [0.3, 0.4) is 0 Å². The highest BCUT2D eigenvalue weighted by Crippen LogP contribution is 2.42. The number of allylic oxidation sites excluding steroid dienone is 1. The fraction of sp³-hybridized carbons (Fsp3) is 0.355. The van der Waals surface area contributed by atoms with Gasteiger partial charge in [0.2, 0.25) is 0 Å². The molecule has 0 saturated carbocycles. The molecular weight excluding hydrogens is 508 g/mol. The van der Waals surface area contributed by atoms with E-state index in [0.717, 1.165) is 73.3 Å². The Labute approximate surface area is 228 Å². The second-order valence-corrected chi connectivity index (χ2v) is 10.7. The van der Waals surface area contributed by atoms with Crippen molar-refractivity contribution in [2.45, 2.75) is 44.8 Å². The van der Waals surface area contributed by atoms with Gasteiger partial charge in [0.25, 0.3) is 0 Å². The van der Waals surface area contributed by atoms with E-state index in [-0.39, 0.29) is 19.4 Å². The summed E-state index contributed by atoms with van der Waals surface area (Å²) in [4.78, 5) is 2.27. The Morgan fingerprint density at radius 3 is 2.54 bits per heavy atom. The van der Waals surface area contributed by atoms with Gasteiger partial charge in [-0.05, 0) is 95.3 Å². The summed E-state index contributed by atoms with van der Waals surface area (Å²) >= 11 is 12.9. The minimum absolute atomic E-state index is 0.0284. The van der Waals surface area contributed by atoms with Crippen LogP contribution in [0.15, 0.2) is 60.7 Å². The highest BCUT2D eigenvalue weighted by Gasteiger charge is 2.25. The van der Waals surface area contributed by atoms with Crippen LogP contribution in [0.2, 0.25) is 10.0 Å². The first-order valence-electron chi connectivity index (χ1n) is 13.0. The van der Waals surface area contributed by atoms with Crippen molar-refractivity contribution in [1.29, 1.82) is 0 Å². The summed E-state index contributed by atoms with van der Waals surface area (Å²) in [5, 5.41) is 11.0. The number of nitrogens with zero attached hydrogens (tertiary/aromatic N) is 1. The molecule has 1 aliphatic heterocycles. The number of hydrogen-bond acceptors (Lipinski definition) is 3. The third-order valence-corrected chi connectivity index (χ3v) is 7.88. The van der Waals surface area contributed by atoms with E-state index in [0.29, 0.717) is 16.5 Å². The van der Waals surface area contributed by atoms with E-state index in [9.17, 15) is 9.50 Å². The Morgan fingerprint density at radius 1 is 0.973 bits per heavy atom. The zero-order chi connectivity index (χ0) is 25.8. The molecule has 0 bridgehead atoms. The van der Waals surface area contributed by atoms with Gasteiger partial charge in [-0.1, -0.05) is 59.6 Å². The maximum atomic E-state index is 12.5. The molecule has 3 aromatic carbocycles. The average molecular weight is 541 g/mol. The van der Waals surface area contributed by atoms with Gasteiger partial charge in [0.05, 0.1) is 13.3 Å². The molecule has 1 saturated heterocycles. The van der Waals surface area contributed by atoms with Crippen molar-refractivity contribution < 1.29 is 14.2 Å². The molecule has 0 spiro atoms. The van der Waals surface area contributed by atoms with Gasteiger partial charge in [-0.25, -0.2) is 0 Å². The first-order chi connectivity index (χ1) is 18.1. The average Bonchev–Trinajstić information content (AvgIpc) is 3.26. The second-order valence-electron chi connectivity index (χ2n) is 9.88. The molecule has 1 N–H and O–H groups in total. The zero-order valence-corrected chi connectivity index (χ0v) is 22.4. The number of benzene rings is 3. The third kappa shape index (κ3) is 6.04. The maximum absolute atomic E-state index is 12.5. The van der Waals surface area contributed by atoms with E-state index in [1.807, 2.05) is 30.3 Å². The van der Waals surface area contributed by atoms with Gasteiger partial charge in [-0.2, -0.15) is 0 Å². The van der Waals surface area contributed by atoms with Crippen LogP contribution in [0.4, 0.5) is 4.39 Å². The van der Waals surface area contributed by atoms with Gasteiger partial charge in [0.1, 0.15) is 11.9 Å². The summed E-state index contributed by atoms with van der Waals surface area (Å²) < 4.78 is 18.8. The third-order valence-electron chi connectivity index (χ3n) is 7.34. The lowest BCUT2D eigenvalue weighted by molar-refractivity contribution is 0.198. The summed E-state index contributed by atoms with van der Waals surface area (Å²) in [5.41, 5.74) is 7.79. The summed E-state index contributed by atoms with van der Waals surface area (Å²) in [5.74, 6) is 0.845. The Kier molecular flexibility index (Phi) is 8.51. The Bertz CT molecular complexity index is 1270. The van der Waals surface area contributed by atoms with E-state index in [2.05, 4.69) is 29.2 Å². The largest absolute Gasteiger partial charge is 0.489 e. The number of ether oxygens (including phenoxy) is 1. The van der Waals surface area contributed by atoms with Crippen LogP contribution in [0, 0.1) is 0 Å². The lowest BCUT2D eigenvalue weighted by atomic mass is 9.87. The molecule has 194 valence electrons. The fourth-order valence-electron chi connectivity index (χ4n) is 5.54. The molecule has 0 radical (unpaired) electrons. The van der Waals surface area contributed by atoms with E-state index < -0.39 is 0 Å². The predicted octanol–water partition coefficient (Wildman–Crippen LogP) is 7.59. The summed E-state index contributed by atoms with van der Waals surface area (Å²) in [6.45, 7) is 2.34. The van der Waals surface area contributed by atoms with Crippen molar-refractivity contribution in [1.82, 2.24) is 4.90 Å². The van der Waals surface area contributed by atoms with Crippen LogP contribution in [0.5, 0.6) is 5.75 Å². The smallest absolute Gasteiger partial charge is 0.119 e. The topological polar surface area (TPSA) is 32.7 Å². The summed E-state index contributed by atoms with van der Waals surface area (Å²) in [7, 11) is 0. The number of aliphatic hydroxyl groups excluding tert-OH is 1. The van der Waals surface area contributed by atoms with Gasteiger partial charge in [-0.15, -0.1) is 0 Å². The van der Waals surface area contributed by atoms with Crippen molar-refractivity contribution in [2.24, 2.45) is 0 Å². The minimum Gasteiger partial charge on any atom is -0.489 e. The molecule has 3 nitrogen and oxygen atoms in total. The molecule has 6 heteroatoms. The van der Waals surface area contributed by atoms with Gasteiger partial charge < -0.3 is 9.84 Å². The van der Waals surface area contributed by atoms with Crippen molar-refractivity contribution in [2.75, 3.05) is 26.3 Å². The van der Waals surface area contributed by atoms with Gasteiger partial charge in [-0.3, -0.25) is 9.29 Å². The van der Waals surface area contributed by atoms with E-state index in [1.165, 1.54) is 16.7 Å². The molecule has 2 aliphatic rings. The standard InChI is InChI=1S/C31H32Cl2FNO2/c32-24-8-12-28(30(33)18-24)29-4-1-3-23-17-21(20-36)5-11-27(23)31(29)22-6-9-25(10-7-22)37-26-13-16-35(19-26)15-2-14-34/h5-12,17-18,26,36H,1-4,13-16,19-20H2/t26-/m0/s1. The van der Waals surface area contributed by atoms with Gasteiger partial charge in [0, 0.05) is 29.7 Å². The number of halogens is 3. The summed E-state index contributed by atoms with van der Waals surface area (Å²) in [6.07, 6.45) is 4.47. The molecule has 0 unspecified atom stereocenters. The second kappa shape index (κ2) is 12.0. The Balaban J connectivity index is 1.49. The van der Waals surface area contributed by atoms with E-state index in [4.69, 9.17) is 27.9 Å². The molecule has 3 aromatic rings. The Morgan fingerprint density at radius 2 is 1.78 bits per heavy atom. The first kappa shape index (κ1) is 26.2. The van der Waals surface area contributed by atoms with E-state index >= 15 is 0 Å². The number of alkyl halides is 1. The predicted molar refractivity (Wildman–Crippen MR) is 150 cm³/mol. The van der Waals surface area contributed by atoms with Crippen LogP contribution in [0.25, 0.3) is 11.1 Å². The highest BCUT2D eigenvalue weighted by atomic mass is 35.5. The summed E-state index contributed by atoms with van der Waals surface area (Å²) in [6, 6.07) is 20.3. The minimum atomic E-state index is -0.271. The molecule has 1 fully saturated rings. The van der Waals surface area contributed by atoms with Crippen LogP contribution in [-0.2, 0) is 13.0 Å². The number of likely N-dealkylation sites (tertiary alicyclic amines) is 1. The molecule has 1 aliphatic carbocycles. The van der Waals surface area contributed by atoms with Gasteiger partial charge >= 0.3 is 0 Å². The molecule has 37 heavy (non-hydrogen) atoms. The van der Waals surface area contributed by atoms with Crippen LogP contribution in [0.1, 0.15) is 53.5 Å². The molecule has 5 rings (SSSR count). The number of aryl methyl sites for hydroxylation is 1. The number of aliphatic hydroxyl groups is 1. The highest BCUT2D eigenvalue weighted by molar-refractivity contribution is 6.36. The van der Waals surface area contributed by atoms with Crippen molar-refractivity contribution >= 4 is 34.3 Å². The zero-order valence-electron chi connectivity index (χ0n) is 20.9. The maximum Gasteiger partial charge on any atom is 0.119 e. The number of fused-ring (bicyclic) bond motifs is 1. The Hall–Kier alpha value is -2.37. The lowest BCUT2D eigenvalue weighted by Crippen LogP contribution is -2.26. The molecular formula is C31H32Cl2FNO2. The van der Waals surface area contributed by atoms with E-state index in [1.54, 1.807) is 6.07 Å². The SMILES string of the molecule is OCc1ccc2c(c1)CCCC(c1ccc(Cl)cc1Cl)=C2c1ccc(O[C@H]2CCN(CCCF)C2)cc1. The van der Waals surface area contributed by atoms with Crippen LogP contribution >= 0.6 is 23.2 Å². The normalized spacial score (nSPS) is 18.1. The molecule has 1 heterocycles. The lowest BCUT2D eigenvalue weighted by Gasteiger charge is -2.19. The van der Waals surface area contributed by atoms with Crippen molar-refractivity contribution in [3.05, 3.63) is 98.5 Å². The van der Waals surface area contributed by atoms with Crippen LogP contribution < -0.4 is 4.74 Å². The quantitative estimate of drug-likeness (QED) is 0.320. The monoisotopic (exact) mass is 539 g/mol. The van der Waals surface area contributed by atoms with Crippen molar-refractivity contribution in [3.8, 4) is 5.75 Å². The molecule has 0 amide bonds. The van der Waals surface area contributed by atoms with Crippen LogP contribution in [-0.4, -0.2) is 42.4 Å². The van der Waals surface area contributed by atoms with Crippen molar-refractivity contribution in [3.63, 3.8) is 0 Å². The number of rotatable bonds is 8. The number of hydrogen-bond donors (Lipinski definition) is 1. The molecule has 1 atom stereocenters. The molecule has 0 aromatic heterocycles. The van der Waals surface area contributed by atoms with Gasteiger partial charge in [0.15, 0.2) is 0 Å². The first-order valence-corrected chi connectivity index (χ1v) is 13.8.